The van der Waals surface area contributed by atoms with Crippen LogP contribution in [-0.4, -0.2) is 11.6 Å². The summed E-state index contributed by atoms with van der Waals surface area (Å²) in [5.41, 5.74) is 9.22. The first-order valence-electron chi connectivity index (χ1n) is 4.99. The molecule has 16 heavy (non-hydrogen) atoms. The highest BCUT2D eigenvalue weighted by Gasteiger charge is 2.21. The van der Waals surface area contributed by atoms with Crippen molar-refractivity contribution in [2.24, 2.45) is 11.0 Å². The molecule has 0 aromatic heterocycles. The van der Waals surface area contributed by atoms with Gasteiger partial charge in [0, 0.05) is 17.9 Å². The minimum Gasteiger partial charge on any atom is -0.396 e. The Bertz CT molecular complexity index is 470. The molecule has 1 aliphatic rings. The third kappa shape index (κ3) is 1.88. The van der Waals surface area contributed by atoms with Crippen molar-refractivity contribution in [3.63, 3.8) is 0 Å². The molecule has 3 N–H and O–H groups in total. The van der Waals surface area contributed by atoms with E-state index in [1.54, 1.807) is 6.07 Å². The van der Waals surface area contributed by atoms with E-state index < -0.39 is 5.82 Å². The Morgan fingerprint density at radius 1 is 1.56 bits per heavy atom. The van der Waals surface area contributed by atoms with E-state index in [1.807, 2.05) is 6.92 Å². The van der Waals surface area contributed by atoms with E-state index in [0.717, 1.165) is 0 Å². The summed E-state index contributed by atoms with van der Waals surface area (Å²) in [7, 11) is 0. The number of anilines is 1. The van der Waals surface area contributed by atoms with Crippen LogP contribution in [0.15, 0.2) is 23.3 Å². The number of nitrogens with two attached hydrogens (primary N) is 1. The van der Waals surface area contributed by atoms with Crippen molar-refractivity contribution in [1.29, 1.82) is 0 Å². The van der Waals surface area contributed by atoms with Crippen molar-refractivity contribution in [1.82, 2.24) is 5.43 Å². The Hall–Kier alpha value is -1.91. The van der Waals surface area contributed by atoms with Crippen LogP contribution >= 0.6 is 0 Å². The molecule has 1 amide bonds. The second kappa shape index (κ2) is 3.92. The van der Waals surface area contributed by atoms with Crippen LogP contribution < -0.4 is 11.2 Å². The first kappa shape index (κ1) is 10.6. The summed E-state index contributed by atoms with van der Waals surface area (Å²) in [6.07, 6.45) is 0.366. The molecule has 0 radical (unpaired) electrons. The van der Waals surface area contributed by atoms with Gasteiger partial charge in [0.05, 0.1) is 11.4 Å². The number of nitrogen functional groups attached to an aromatic ring is 1. The third-order valence-electron chi connectivity index (χ3n) is 2.56. The highest BCUT2D eigenvalue weighted by atomic mass is 19.1. The minimum atomic E-state index is -0.468. The van der Waals surface area contributed by atoms with Crippen LogP contribution in [-0.2, 0) is 4.79 Å². The lowest BCUT2D eigenvalue weighted by atomic mass is 9.94. The fourth-order valence-corrected chi connectivity index (χ4v) is 1.69. The number of amides is 1. The summed E-state index contributed by atoms with van der Waals surface area (Å²) in [5.74, 6) is -0.603. The highest BCUT2D eigenvalue weighted by molar-refractivity contribution is 6.05. The molecule has 1 aliphatic heterocycles. The predicted octanol–water partition coefficient (Wildman–Crippen LogP) is 1.27. The highest BCUT2D eigenvalue weighted by Crippen LogP contribution is 2.19. The number of hydrogen-bond acceptors (Lipinski definition) is 3. The monoisotopic (exact) mass is 221 g/mol. The van der Waals surface area contributed by atoms with Crippen LogP contribution in [0.2, 0.25) is 0 Å². The van der Waals surface area contributed by atoms with Gasteiger partial charge in [0.1, 0.15) is 5.82 Å². The quantitative estimate of drug-likeness (QED) is 0.701. The number of benzene rings is 1. The maximum Gasteiger partial charge on any atom is 0.240 e. The zero-order chi connectivity index (χ0) is 11.7. The van der Waals surface area contributed by atoms with Crippen molar-refractivity contribution in [2.75, 3.05) is 5.73 Å². The van der Waals surface area contributed by atoms with E-state index in [2.05, 4.69) is 10.5 Å². The molecule has 0 fully saturated rings. The first-order chi connectivity index (χ1) is 7.58. The predicted molar refractivity (Wildman–Crippen MR) is 59.3 cm³/mol. The van der Waals surface area contributed by atoms with Gasteiger partial charge in [0.2, 0.25) is 5.91 Å². The molecule has 0 saturated heterocycles. The van der Waals surface area contributed by atoms with E-state index in [4.69, 9.17) is 5.73 Å². The van der Waals surface area contributed by atoms with Gasteiger partial charge in [-0.3, -0.25) is 4.79 Å². The van der Waals surface area contributed by atoms with E-state index in [9.17, 15) is 9.18 Å². The molecular formula is C11H12FN3O. The molecule has 1 heterocycles. The number of nitrogens with zero attached hydrogens (tertiary/aromatic N) is 1. The number of halogens is 1. The van der Waals surface area contributed by atoms with Gasteiger partial charge in [-0.15, -0.1) is 0 Å². The molecule has 84 valence electrons. The van der Waals surface area contributed by atoms with Crippen LogP contribution in [0.1, 0.15) is 18.9 Å². The van der Waals surface area contributed by atoms with Gasteiger partial charge in [-0.1, -0.05) is 13.0 Å². The summed E-state index contributed by atoms with van der Waals surface area (Å²) in [5, 5.41) is 3.94. The topological polar surface area (TPSA) is 67.5 Å². The van der Waals surface area contributed by atoms with Gasteiger partial charge in [-0.05, 0) is 12.1 Å². The Balaban J connectivity index is 2.37. The largest absolute Gasteiger partial charge is 0.396 e. The van der Waals surface area contributed by atoms with Crippen LogP contribution in [0.5, 0.6) is 0 Å². The number of rotatable bonds is 1. The van der Waals surface area contributed by atoms with Crippen molar-refractivity contribution in [3.8, 4) is 0 Å². The molecule has 0 saturated carbocycles. The smallest absolute Gasteiger partial charge is 0.240 e. The molecule has 5 heteroatoms. The van der Waals surface area contributed by atoms with E-state index in [0.29, 0.717) is 17.7 Å². The summed E-state index contributed by atoms with van der Waals surface area (Å²) < 4.78 is 13.3. The van der Waals surface area contributed by atoms with Crippen LogP contribution in [0.3, 0.4) is 0 Å². The minimum absolute atomic E-state index is 0.0169. The molecule has 0 bridgehead atoms. The summed E-state index contributed by atoms with van der Waals surface area (Å²) >= 11 is 0. The number of hydrazone groups is 1. The maximum atomic E-state index is 13.3. The number of carbonyl (C=O) groups excluding carboxylic acids is 1. The lowest BCUT2D eigenvalue weighted by molar-refractivity contribution is -0.121. The van der Waals surface area contributed by atoms with Crippen LogP contribution in [0, 0.1) is 11.7 Å². The van der Waals surface area contributed by atoms with Gasteiger partial charge in [0.25, 0.3) is 0 Å². The SMILES string of the molecule is CC1CC(=O)NN=C1c1ccc(N)c(F)c1. The average Bonchev–Trinajstić information content (AvgIpc) is 2.22. The lowest BCUT2D eigenvalue weighted by Crippen LogP contribution is -2.32. The summed E-state index contributed by atoms with van der Waals surface area (Å²) in [6.45, 7) is 1.88. The van der Waals surface area contributed by atoms with Crippen molar-refractivity contribution in [2.45, 2.75) is 13.3 Å². The maximum absolute atomic E-state index is 13.3. The van der Waals surface area contributed by atoms with Gasteiger partial charge in [0.15, 0.2) is 0 Å². The fraction of sp³-hybridized carbons (Fsp3) is 0.273. The van der Waals surface area contributed by atoms with Crippen LogP contribution in [0.25, 0.3) is 0 Å². The second-order valence-corrected chi connectivity index (χ2v) is 3.87. The normalized spacial score (nSPS) is 20.2. The Labute approximate surface area is 92.3 Å². The van der Waals surface area contributed by atoms with E-state index >= 15 is 0 Å². The lowest BCUT2D eigenvalue weighted by Gasteiger charge is -2.19. The average molecular weight is 221 g/mol. The van der Waals surface area contributed by atoms with Crippen LogP contribution in [0.4, 0.5) is 10.1 Å². The fourth-order valence-electron chi connectivity index (χ4n) is 1.69. The number of hydrogen-bond donors (Lipinski definition) is 2. The summed E-state index contributed by atoms with van der Waals surface area (Å²) in [6, 6.07) is 4.53. The molecule has 0 aliphatic carbocycles. The summed E-state index contributed by atoms with van der Waals surface area (Å²) in [4.78, 5) is 11.1. The zero-order valence-corrected chi connectivity index (χ0v) is 8.83. The molecule has 1 aromatic rings. The Kier molecular flexibility index (Phi) is 2.60. The first-order valence-corrected chi connectivity index (χ1v) is 4.99. The van der Waals surface area contributed by atoms with Gasteiger partial charge >= 0.3 is 0 Å². The van der Waals surface area contributed by atoms with Gasteiger partial charge in [-0.25, -0.2) is 9.82 Å². The molecular weight excluding hydrogens is 209 g/mol. The number of nitrogens with one attached hydrogen (secondary N) is 1. The molecule has 2 rings (SSSR count). The zero-order valence-electron chi connectivity index (χ0n) is 8.83. The van der Waals surface area contributed by atoms with Gasteiger partial charge < -0.3 is 5.73 Å². The molecule has 4 nitrogen and oxygen atoms in total. The third-order valence-corrected chi connectivity index (χ3v) is 2.56. The van der Waals surface area contributed by atoms with Crippen molar-refractivity contribution in [3.05, 3.63) is 29.6 Å². The molecule has 0 spiro atoms. The van der Waals surface area contributed by atoms with E-state index in [1.165, 1.54) is 12.1 Å². The molecule has 1 aromatic carbocycles. The van der Waals surface area contributed by atoms with E-state index in [-0.39, 0.29) is 17.5 Å². The standard InChI is InChI=1S/C11H12FN3O/c1-6-4-10(16)14-15-11(6)7-2-3-9(13)8(12)5-7/h2-3,5-6H,4,13H2,1H3,(H,14,16). The number of carbonyl (C=O) groups is 1. The Morgan fingerprint density at radius 2 is 2.31 bits per heavy atom. The van der Waals surface area contributed by atoms with Gasteiger partial charge in [-0.2, -0.15) is 5.10 Å². The van der Waals surface area contributed by atoms with Crippen molar-refractivity contribution < 1.29 is 9.18 Å². The van der Waals surface area contributed by atoms with Crippen molar-refractivity contribution >= 4 is 17.3 Å². The Morgan fingerprint density at radius 3 is 2.94 bits per heavy atom. The molecule has 1 atom stereocenters. The second-order valence-electron chi connectivity index (χ2n) is 3.87. The molecule has 1 unspecified atom stereocenters.